The first-order valence-electron chi connectivity index (χ1n) is 6.41. The second-order valence-electron chi connectivity index (χ2n) is 4.89. The average Bonchev–Trinajstić information content (AvgIpc) is 2.94. The zero-order valence-corrected chi connectivity index (χ0v) is 11.9. The predicted molar refractivity (Wildman–Crippen MR) is 75.2 cm³/mol. The van der Waals surface area contributed by atoms with Gasteiger partial charge in [0, 0.05) is 5.56 Å². The maximum atomic E-state index is 6.18. The number of halogens is 1. The fourth-order valence-corrected chi connectivity index (χ4v) is 3.08. The summed E-state index contributed by atoms with van der Waals surface area (Å²) in [6.45, 7) is 5.13. The van der Waals surface area contributed by atoms with Gasteiger partial charge in [-0.25, -0.2) is 4.98 Å². The van der Waals surface area contributed by atoms with Crippen LogP contribution in [0.4, 0.5) is 0 Å². The molecule has 0 spiro atoms. The van der Waals surface area contributed by atoms with E-state index >= 15 is 0 Å². The first-order valence-corrected chi connectivity index (χ1v) is 6.79. The van der Waals surface area contributed by atoms with E-state index in [0.29, 0.717) is 18.4 Å². The van der Waals surface area contributed by atoms with Crippen molar-refractivity contribution in [3.05, 3.63) is 28.9 Å². The summed E-state index contributed by atoms with van der Waals surface area (Å²) in [5.41, 5.74) is 4.60. The highest BCUT2D eigenvalue weighted by Crippen LogP contribution is 2.41. The molecule has 0 saturated carbocycles. The molecule has 3 heterocycles. The van der Waals surface area contributed by atoms with Crippen molar-refractivity contribution in [1.82, 2.24) is 14.7 Å². The SMILES string of the molecule is Cc1noc(C)c1-c1ccc2nc(Cl)n3c2c1OCC3. The summed E-state index contributed by atoms with van der Waals surface area (Å²) in [5, 5.41) is 4.52. The average molecular weight is 290 g/mol. The number of aromatic nitrogens is 3. The molecule has 0 amide bonds. The summed E-state index contributed by atoms with van der Waals surface area (Å²) in [7, 11) is 0. The van der Waals surface area contributed by atoms with Gasteiger partial charge >= 0.3 is 0 Å². The minimum absolute atomic E-state index is 0.500. The van der Waals surface area contributed by atoms with Gasteiger partial charge in [-0.15, -0.1) is 0 Å². The van der Waals surface area contributed by atoms with Gasteiger partial charge in [-0.05, 0) is 37.6 Å². The number of hydrogen-bond acceptors (Lipinski definition) is 4. The molecular formula is C14H12ClN3O2. The third kappa shape index (κ3) is 1.44. The van der Waals surface area contributed by atoms with Crippen molar-refractivity contribution in [3.8, 4) is 16.9 Å². The van der Waals surface area contributed by atoms with Crippen LogP contribution >= 0.6 is 11.6 Å². The van der Waals surface area contributed by atoms with Crippen LogP contribution < -0.4 is 4.74 Å². The first-order chi connectivity index (χ1) is 9.66. The fraction of sp³-hybridized carbons (Fsp3) is 0.286. The zero-order chi connectivity index (χ0) is 13.9. The highest BCUT2D eigenvalue weighted by Gasteiger charge is 2.24. The van der Waals surface area contributed by atoms with Crippen LogP contribution in [0.2, 0.25) is 5.28 Å². The van der Waals surface area contributed by atoms with E-state index < -0.39 is 0 Å². The van der Waals surface area contributed by atoms with Crippen LogP contribution in [0.5, 0.6) is 5.75 Å². The minimum Gasteiger partial charge on any atom is -0.489 e. The van der Waals surface area contributed by atoms with E-state index in [-0.39, 0.29) is 0 Å². The monoisotopic (exact) mass is 289 g/mol. The lowest BCUT2D eigenvalue weighted by Crippen LogP contribution is -2.14. The van der Waals surface area contributed by atoms with Gasteiger partial charge in [-0.1, -0.05) is 5.16 Å². The molecule has 102 valence electrons. The summed E-state index contributed by atoms with van der Waals surface area (Å²) in [6.07, 6.45) is 0. The fourth-order valence-electron chi connectivity index (χ4n) is 2.82. The number of ether oxygens (including phenoxy) is 1. The van der Waals surface area contributed by atoms with E-state index in [1.165, 1.54) is 0 Å². The largest absolute Gasteiger partial charge is 0.489 e. The topological polar surface area (TPSA) is 53.1 Å². The van der Waals surface area contributed by atoms with Gasteiger partial charge in [-0.3, -0.25) is 0 Å². The maximum Gasteiger partial charge on any atom is 0.203 e. The Kier molecular flexibility index (Phi) is 2.35. The van der Waals surface area contributed by atoms with Crippen LogP contribution in [0.3, 0.4) is 0 Å². The van der Waals surface area contributed by atoms with E-state index in [2.05, 4.69) is 10.1 Å². The van der Waals surface area contributed by atoms with Crippen LogP contribution in [-0.2, 0) is 6.54 Å². The number of imidazole rings is 1. The van der Waals surface area contributed by atoms with Crippen molar-refractivity contribution < 1.29 is 9.26 Å². The Hall–Kier alpha value is -2.01. The van der Waals surface area contributed by atoms with Gasteiger partial charge < -0.3 is 13.8 Å². The van der Waals surface area contributed by atoms with Gasteiger partial charge in [0.05, 0.1) is 23.3 Å². The van der Waals surface area contributed by atoms with Crippen LogP contribution in [0, 0.1) is 13.8 Å². The second-order valence-corrected chi connectivity index (χ2v) is 5.23. The van der Waals surface area contributed by atoms with Crippen molar-refractivity contribution in [1.29, 1.82) is 0 Å². The Morgan fingerprint density at radius 3 is 2.90 bits per heavy atom. The highest BCUT2D eigenvalue weighted by molar-refractivity contribution is 6.29. The Balaban J connectivity index is 2.10. The van der Waals surface area contributed by atoms with Crippen molar-refractivity contribution in [3.63, 3.8) is 0 Å². The Bertz CT molecular complexity index is 815. The predicted octanol–water partition coefficient (Wildman–Crippen LogP) is 3.35. The summed E-state index contributed by atoms with van der Waals surface area (Å²) in [6, 6.07) is 3.94. The van der Waals surface area contributed by atoms with Crippen molar-refractivity contribution in [2.75, 3.05) is 6.61 Å². The lowest BCUT2D eigenvalue weighted by molar-refractivity contribution is 0.288. The summed E-state index contributed by atoms with van der Waals surface area (Å²) < 4.78 is 13.1. The quantitative estimate of drug-likeness (QED) is 0.689. The highest BCUT2D eigenvalue weighted by atomic mass is 35.5. The standard InChI is InChI=1S/C14H12ClN3O2/c1-7-11(8(2)20-17-7)9-3-4-10-12-13(9)19-6-5-18(12)14(15)16-10/h3-4H,5-6H2,1-2H3. The maximum absolute atomic E-state index is 6.18. The normalized spacial score (nSPS) is 13.8. The molecule has 2 aromatic heterocycles. The second kappa shape index (κ2) is 3.99. The molecule has 0 unspecified atom stereocenters. The van der Waals surface area contributed by atoms with Crippen molar-refractivity contribution in [2.24, 2.45) is 0 Å². The van der Waals surface area contributed by atoms with E-state index in [4.69, 9.17) is 20.9 Å². The third-order valence-electron chi connectivity index (χ3n) is 3.68. The molecule has 0 aliphatic carbocycles. The minimum atomic E-state index is 0.500. The number of rotatable bonds is 1. The molecule has 4 rings (SSSR count). The Morgan fingerprint density at radius 1 is 1.30 bits per heavy atom. The molecule has 5 nitrogen and oxygen atoms in total. The molecule has 1 aliphatic rings. The lowest BCUT2D eigenvalue weighted by Gasteiger charge is -2.19. The van der Waals surface area contributed by atoms with Crippen molar-refractivity contribution >= 4 is 22.6 Å². The smallest absolute Gasteiger partial charge is 0.203 e. The Labute approximate surface area is 120 Å². The molecule has 0 radical (unpaired) electrons. The van der Waals surface area contributed by atoms with E-state index in [1.54, 1.807) is 0 Å². The molecule has 0 fully saturated rings. The van der Waals surface area contributed by atoms with Gasteiger partial charge in [-0.2, -0.15) is 0 Å². The Morgan fingerprint density at radius 2 is 2.15 bits per heavy atom. The van der Waals surface area contributed by atoms with E-state index in [9.17, 15) is 0 Å². The number of benzene rings is 1. The molecule has 0 atom stereocenters. The van der Waals surface area contributed by atoms with Gasteiger partial charge in [0.25, 0.3) is 0 Å². The molecule has 3 aromatic rings. The number of hydrogen-bond donors (Lipinski definition) is 0. The molecule has 6 heteroatoms. The van der Waals surface area contributed by atoms with Gasteiger partial charge in [0.2, 0.25) is 5.28 Å². The third-order valence-corrected chi connectivity index (χ3v) is 3.97. The lowest BCUT2D eigenvalue weighted by atomic mass is 10.0. The van der Waals surface area contributed by atoms with Gasteiger partial charge in [0.1, 0.15) is 17.9 Å². The summed E-state index contributed by atoms with van der Waals surface area (Å²) in [4.78, 5) is 4.36. The molecule has 0 saturated heterocycles. The molecule has 0 bridgehead atoms. The molecule has 1 aliphatic heterocycles. The van der Waals surface area contributed by atoms with Crippen LogP contribution in [0.25, 0.3) is 22.2 Å². The molecule has 20 heavy (non-hydrogen) atoms. The summed E-state index contributed by atoms with van der Waals surface area (Å²) >= 11 is 6.18. The zero-order valence-electron chi connectivity index (χ0n) is 11.1. The molecular weight excluding hydrogens is 278 g/mol. The number of nitrogens with zero attached hydrogens (tertiary/aromatic N) is 3. The first kappa shape index (κ1) is 11.8. The van der Waals surface area contributed by atoms with Crippen LogP contribution in [0.1, 0.15) is 11.5 Å². The van der Waals surface area contributed by atoms with Crippen LogP contribution in [-0.4, -0.2) is 21.3 Å². The molecule has 0 N–H and O–H groups in total. The van der Waals surface area contributed by atoms with Crippen molar-refractivity contribution in [2.45, 2.75) is 20.4 Å². The van der Waals surface area contributed by atoms with E-state index in [0.717, 1.165) is 39.4 Å². The molecule has 1 aromatic carbocycles. The number of aryl methyl sites for hydroxylation is 2. The summed E-state index contributed by atoms with van der Waals surface area (Å²) in [5.74, 6) is 1.59. The van der Waals surface area contributed by atoms with E-state index in [1.807, 2.05) is 30.5 Å². The van der Waals surface area contributed by atoms with Gasteiger partial charge in [0.15, 0.2) is 5.75 Å². The van der Waals surface area contributed by atoms with Crippen LogP contribution in [0.15, 0.2) is 16.7 Å².